The van der Waals surface area contributed by atoms with E-state index in [0.717, 1.165) is 28.3 Å². The Morgan fingerprint density at radius 2 is 2.00 bits per heavy atom. The number of carbonyl (C=O) groups is 1. The van der Waals surface area contributed by atoms with Gasteiger partial charge < -0.3 is 14.8 Å². The summed E-state index contributed by atoms with van der Waals surface area (Å²) in [5.41, 5.74) is 3.16. The van der Waals surface area contributed by atoms with Crippen LogP contribution in [0.5, 0.6) is 11.5 Å². The number of anilines is 1. The van der Waals surface area contributed by atoms with Crippen LogP contribution in [0.15, 0.2) is 42.5 Å². The molecule has 0 unspecified atom stereocenters. The third kappa shape index (κ3) is 2.55. The Morgan fingerprint density at radius 1 is 1.18 bits per heavy atom. The number of hydrogen-bond donors (Lipinski definition) is 1. The third-order valence-corrected chi connectivity index (χ3v) is 3.53. The van der Waals surface area contributed by atoms with Gasteiger partial charge in [0.25, 0.3) is 5.91 Å². The van der Waals surface area contributed by atoms with Crippen molar-refractivity contribution < 1.29 is 14.3 Å². The SMILES string of the molecule is CCOc1ccccc1/C=C1/C(=O)Nc2cc(OC)ccc21. The molecule has 1 aliphatic heterocycles. The van der Waals surface area contributed by atoms with E-state index in [1.165, 1.54) is 0 Å². The van der Waals surface area contributed by atoms with Crippen molar-refractivity contribution in [1.82, 2.24) is 0 Å². The second-order valence-corrected chi connectivity index (χ2v) is 4.89. The van der Waals surface area contributed by atoms with Crippen molar-refractivity contribution in [2.45, 2.75) is 6.92 Å². The van der Waals surface area contributed by atoms with Gasteiger partial charge in [-0.15, -0.1) is 0 Å². The van der Waals surface area contributed by atoms with Crippen molar-refractivity contribution in [1.29, 1.82) is 0 Å². The predicted octanol–water partition coefficient (Wildman–Crippen LogP) is 3.59. The second kappa shape index (κ2) is 5.93. The third-order valence-electron chi connectivity index (χ3n) is 3.53. The number of methoxy groups -OCH3 is 1. The maximum absolute atomic E-state index is 12.2. The van der Waals surface area contributed by atoms with E-state index in [-0.39, 0.29) is 5.91 Å². The Bertz CT molecular complexity index is 750. The highest BCUT2D eigenvalue weighted by Crippen LogP contribution is 2.36. The summed E-state index contributed by atoms with van der Waals surface area (Å²) in [4.78, 5) is 12.2. The Balaban J connectivity index is 2.05. The van der Waals surface area contributed by atoms with E-state index in [1.54, 1.807) is 7.11 Å². The minimum absolute atomic E-state index is 0.116. The van der Waals surface area contributed by atoms with E-state index >= 15 is 0 Å². The maximum Gasteiger partial charge on any atom is 0.256 e. The van der Waals surface area contributed by atoms with E-state index in [1.807, 2.05) is 55.5 Å². The van der Waals surface area contributed by atoms with Gasteiger partial charge in [-0.05, 0) is 31.2 Å². The van der Waals surface area contributed by atoms with Crippen LogP contribution >= 0.6 is 0 Å². The molecule has 0 atom stereocenters. The topological polar surface area (TPSA) is 47.6 Å². The molecule has 1 aliphatic rings. The number of rotatable bonds is 4. The number of nitrogens with one attached hydrogen (secondary N) is 1. The molecule has 0 radical (unpaired) electrons. The lowest BCUT2D eigenvalue weighted by Crippen LogP contribution is -2.03. The minimum Gasteiger partial charge on any atom is -0.497 e. The first-order valence-corrected chi connectivity index (χ1v) is 7.16. The van der Waals surface area contributed by atoms with Crippen molar-refractivity contribution in [3.63, 3.8) is 0 Å². The van der Waals surface area contributed by atoms with Crippen molar-refractivity contribution in [3.8, 4) is 11.5 Å². The minimum atomic E-state index is -0.116. The molecule has 112 valence electrons. The second-order valence-electron chi connectivity index (χ2n) is 4.89. The highest BCUT2D eigenvalue weighted by molar-refractivity contribution is 6.35. The van der Waals surface area contributed by atoms with Gasteiger partial charge in [-0.1, -0.05) is 18.2 Å². The first-order chi connectivity index (χ1) is 10.7. The number of ether oxygens (including phenoxy) is 2. The largest absolute Gasteiger partial charge is 0.497 e. The molecule has 3 rings (SSSR count). The molecule has 0 saturated heterocycles. The van der Waals surface area contributed by atoms with Gasteiger partial charge in [-0.3, -0.25) is 4.79 Å². The van der Waals surface area contributed by atoms with Crippen LogP contribution in [0, 0.1) is 0 Å². The summed E-state index contributed by atoms with van der Waals surface area (Å²) >= 11 is 0. The van der Waals surface area contributed by atoms with Gasteiger partial charge in [0, 0.05) is 22.8 Å². The highest BCUT2D eigenvalue weighted by Gasteiger charge is 2.24. The zero-order chi connectivity index (χ0) is 15.5. The predicted molar refractivity (Wildman–Crippen MR) is 87.1 cm³/mol. The Kier molecular flexibility index (Phi) is 3.83. The van der Waals surface area contributed by atoms with Gasteiger partial charge in [0.2, 0.25) is 0 Å². The fraction of sp³-hybridized carbons (Fsp3) is 0.167. The summed E-state index contributed by atoms with van der Waals surface area (Å²) in [5, 5.41) is 2.87. The van der Waals surface area contributed by atoms with Crippen molar-refractivity contribution >= 4 is 23.2 Å². The molecular weight excluding hydrogens is 278 g/mol. The summed E-state index contributed by atoms with van der Waals surface area (Å²) in [5.74, 6) is 1.37. The monoisotopic (exact) mass is 295 g/mol. The summed E-state index contributed by atoms with van der Waals surface area (Å²) in [6.07, 6.45) is 1.86. The summed E-state index contributed by atoms with van der Waals surface area (Å²) < 4.78 is 10.8. The van der Waals surface area contributed by atoms with Gasteiger partial charge >= 0.3 is 0 Å². The summed E-state index contributed by atoms with van der Waals surface area (Å²) in [6, 6.07) is 13.2. The van der Waals surface area contributed by atoms with Crippen LogP contribution in [0.25, 0.3) is 11.6 Å². The van der Waals surface area contributed by atoms with Gasteiger partial charge in [-0.2, -0.15) is 0 Å². The molecular formula is C18H17NO3. The zero-order valence-electron chi connectivity index (χ0n) is 12.6. The van der Waals surface area contributed by atoms with Crippen LogP contribution in [0.2, 0.25) is 0 Å². The number of para-hydroxylation sites is 1. The Labute approximate surface area is 129 Å². The zero-order valence-corrected chi connectivity index (χ0v) is 12.6. The van der Waals surface area contributed by atoms with Crippen LogP contribution in [-0.4, -0.2) is 19.6 Å². The Hall–Kier alpha value is -2.75. The number of carbonyl (C=O) groups excluding carboxylic acids is 1. The lowest BCUT2D eigenvalue weighted by atomic mass is 10.0. The molecule has 2 aromatic rings. The average Bonchev–Trinajstić information content (AvgIpc) is 2.84. The van der Waals surface area contributed by atoms with Crippen LogP contribution in [0.4, 0.5) is 5.69 Å². The molecule has 0 aliphatic carbocycles. The van der Waals surface area contributed by atoms with Crippen molar-refractivity contribution in [2.75, 3.05) is 19.0 Å². The molecule has 2 aromatic carbocycles. The molecule has 0 aromatic heterocycles. The Morgan fingerprint density at radius 3 is 2.77 bits per heavy atom. The first-order valence-electron chi connectivity index (χ1n) is 7.16. The van der Waals surface area contributed by atoms with Gasteiger partial charge in [-0.25, -0.2) is 0 Å². The summed E-state index contributed by atoms with van der Waals surface area (Å²) in [6.45, 7) is 2.52. The van der Waals surface area contributed by atoms with Crippen LogP contribution in [0.3, 0.4) is 0 Å². The van der Waals surface area contributed by atoms with Gasteiger partial charge in [0.1, 0.15) is 11.5 Å². The number of benzene rings is 2. The molecule has 0 saturated carbocycles. The molecule has 0 spiro atoms. The van der Waals surface area contributed by atoms with E-state index in [2.05, 4.69) is 5.32 Å². The van der Waals surface area contributed by atoms with E-state index in [0.29, 0.717) is 12.2 Å². The maximum atomic E-state index is 12.2. The first kappa shape index (κ1) is 14.2. The fourth-order valence-corrected chi connectivity index (χ4v) is 2.49. The lowest BCUT2D eigenvalue weighted by Gasteiger charge is -2.07. The van der Waals surface area contributed by atoms with Crippen LogP contribution in [-0.2, 0) is 4.79 Å². The van der Waals surface area contributed by atoms with E-state index in [4.69, 9.17) is 9.47 Å². The highest BCUT2D eigenvalue weighted by atomic mass is 16.5. The van der Waals surface area contributed by atoms with E-state index in [9.17, 15) is 4.79 Å². The lowest BCUT2D eigenvalue weighted by molar-refractivity contribution is -0.110. The van der Waals surface area contributed by atoms with Gasteiger partial charge in [0.05, 0.1) is 19.4 Å². The van der Waals surface area contributed by atoms with Crippen molar-refractivity contribution in [3.05, 3.63) is 53.6 Å². The smallest absolute Gasteiger partial charge is 0.256 e. The summed E-state index contributed by atoms with van der Waals surface area (Å²) in [7, 11) is 1.60. The molecule has 22 heavy (non-hydrogen) atoms. The molecule has 1 N–H and O–H groups in total. The molecule has 4 nitrogen and oxygen atoms in total. The van der Waals surface area contributed by atoms with E-state index < -0.39 is 0 Å². The van der Waals surface area contributed by atoms with Gasteiger partial charge in [0.15, 0.2) is 0 Å². The number of hydrogen-bond acceptors (Lipinski definition) is 3. The molecule has 1 amide bonds. The average molecular weight is 295 g/mol. The molecule has 0 fully saturated rings. The molecule has 1 heterocycles. The number of amides is 1. The fourth-order valence-electron chi connectivity index (χ4n) is 2.49. The number of fused-ring (bicyclic) bond motifs is 1. The molecule has 0 bridgehead atoms. The van der Waals surface area contributed by atoms with Crippen LogP contribution < -0.4 is 14.8 Å². The standard InChI is InChI=1S/C18H17NO3/c1-3-22-17-7-5-4-6-12(17)10-15-14-9-8-13(21-2)11-16(14)19-18(15)20/h4-11H,3H2,1-2H3,(H,19,20)/b15-10+. The quantitative estimate of drug-likeness (QED) is 0.877. The molecule has 4 heteroatoms. The normalized spacial score (nSPS) is 14.6. The van der Waals surface area contributed by atoms with Crippen molar-refractivity contribution in [2.24, 2.45) is 0 Å². The van der Waals surface area contributed by atoms with Crippen LogP contribution in [0.1, 0.15) is 18.1 Å².